The van der Waals surface area contributed by atoms with Crippen LogP contribution in [0.1, 0.15) is 76.5 Å². The second kappa shape index (κ2) is 18.4. The standard InChI is InChI=1S/C49H50F6INO6Si/c1-6-13-29(20-30-21-39(56)44(58)41(22-30)61-5)18-19-40-42-31(27-63-64(47(2,3)4,35-14-9-7-10-15-35)36-16-11-8-12-17-36)23-37-43(38(42)28-62-40)46(60)57(45(37)59)34-25-32(48(50,51)52)24-33(26-34)49(53,54)55/h7-12,14-17,20-22,24-26,37-38,40,43,58H,6,13,18-19,23,27-28H2,1-5H3/b29-20+/t37-,38+,40-,43-/m1/s1. The zero-order valence-electron chi connectivity index (χ0n) is 36.1. The van der Waals surface area contributed by atoms with Gasteiger partial charge in [-0.2, -0.15) is 26.3 Å². The van der Waals surface area contributed by atoms with E-state index >= 15 is 0 Å². The van der Waals surface area contributed by atoms with E-state index < -0.39 is 78.2 Å². The van der Waals surface area contributed by atoms with Crippen molar-refractivity contribution in [1.82, 2.24) is 0 Å². The van der Waals surface area contributed by atoms with E-state index in [4.69, 9.17) is 13.9 Å². The Morgan fingerprint density at radius 2 is 1.45 bits per heavy atom. The zero-order valence-corrected chi connectivity index (χ0v) is 39.2. The lowest BCUT2D eigenvalue weighted by atomic mass is 9.69. The fourth-order valence-electron chi connectivity index (χ4n) is 9.86. The molecule has 2 amide bonds. The van der Waals surface area contributed by atoms with Crippen LogP contribution < -0.4 is 20.0 Å². The lowest BCUT2D eigenvalue weighted by molar-refractivity contribution is -0.143. The van der Waals surface area contributed by atoms with Crippen LogP contribution in [-0.4, -0.2) is 51.7 Å². The van der Waals surface area contributed by atoms with Crippen LogP contribution in [0.4, 0.5) is 32.0 Å². The van der Waals surface area contributed by atoms with Gasteiger partial charge in [-0.3, -0.25) is 9.59 Å². The molecule has 3 aliphatic rings. The van der Waals surface area contributed by atoms with Crippen LogP contribution in [0.2, 0.25) is 5.04 Å². The summed E-state index contributed by atoms with van der Waals surface area (Å²) in [4.78, 5) is 29.5. The van der Waals surface area contributed by atoms with Crippen LogP contribution in [0.15, 0.2) is 108 Å². The smallest absolute Gasteiger partial charge is 0.416 e. The van der Waals surface area contributed by atoms with E-state index in [1.165, 1.54) is 7.11 Å². The predicted molar refractivity (Wildman–Crippen MR) is 244 cm³/mol. The van der Waals surface area contributed by atoms with E-state index in [1.807, 2.05) is 65.1 Å². The number of anilines is 1. The van der Waals surface area contributed by atoms with Gasteiger partial charge in [-0.05, 0) is 111 Å². The van der Waals surface area contributed by atoms with Crippen molar-refractivity contribution < 1.29 is 54.9 Å². The van der Waals surface area contributed by atoms with Crippen molar-refractivity contribution in [3.63, 3.8) is 0 Å². The second-order valence-corrected chi connectivity index (χ2v) is 23.2. The molecule has 1 N–H and O–H groups in total. The molecular formula is C49H50F6INO6Si. The summed E-state index contributed by atoms with van der Waals surface area (Å²) >= 11 is 2.05. The molecule has 64 heavy (non-hydrogen) atoms. The quantitative estimate of drug-likeness (QED) is 0.0472. The van der Waals surface area contributed by atoms with Gasteiger partial charge in [-0.25, -0.2) is 4.90 Å². The number of hydrogen-bond donors (Lipinski definition) is 1. The van der Waals surface area contributed by atoms with Crippen LogP contribution in [0.3, 0.4) is 0 Å². The summed E-state index contributed by atoms with van der Waals surface area (Å²) in [7, 11) is -1.69. The Balaban J connectivity index is 1.31. The number of phenols is 1. The molecule has 340 valence electrons. The van der Waals surface area contributed by atoms with Crippen LogP contribution in [0, 0.1) is 21.3 Å². The Morgan fingerprint density at radius 1 is 0.859 bits per heavy atom. The van der Waals surface area contributed by atoms with Crippen molar-refractivity contribution in [2.75, 3.05) is 25.2 Å². The third kappa shape index (κ3) is 9.18. The van der Waals surface area contributed by atoms with Crippen molar-refractivity contribution in [2.45, 2.75) is 83.3 Å². The Hall–Kier alpha value is -4.45. The minimum atomic E-state index is -5.18. The molecule has 4 atom stereocenters. The Labute approximate surface area is 383 Å². The number of carbonyl (C=O) groups is 2. The van der Waals surface area contributed by atoms with Crippen molar-refractivity contribution in [2.24, 2.45) is 17.8 Å². The van der Waals surface area contributed by atoms with Crippen molar-refractivity contribution >= 4 is 64.9 Å². The molecule has 2 fully saturated rings. The second-order valence-electron chi connectivity index (χ2n) is 17.7. The summed E-state index contributed by atoms with van der Waals surface area (Å²) < 4.78 is 104. The predicted octanol–water partition coefficient (Wildman–Crippen LogP) is 11.1. The number of methoxy groups -OCH3 is 1. The molecule has 2 aliphatic heterocycles. The third-order valence-corrected chi connectivity index (χ3v) is 18.5. The molecule has 0 saturated carbocycles. The van der Waals surface area contributed by atoms with Gasteiger partial charge in [-0.15, -0.1) is 0 Å². The van der Waals surface area contributed by atoms with Gasteiger partial charge in [0.05, 0.1) is 58.6 Å². The first kappa shape index (κ1) is 47.5. The zero-order chi connectivity index (χ0) is 46.4. The normalized spacial score (nSPS) is 20.8. The van der Waals surface area contributed by atoms with E-state index in [1.54, 1.807) is 6.07 Å². The number of nitrogens with zero attached hydrogens (tertiary/aromatic N) is 1. The van der Waals surface area contributed by atoms with Gasteiger partial charge >= 0.3 is 12.4 Å². The van der Waals surface area contributed by atoms with E-state index in [0.29, 0.717) is 39.2 Å². The number of ether oxygens (including phenoxy) is 2. The summed E-state index contributed by atoms with van der Waals surface area (Å²) in [5.41, 5.74) is -0.546. The summed E-state index contributed by atoms with van der Waals surface area (Å²) in [6.07, 6.45) is -6.17. The van der Waals surface area contributed by atoms with Crippen LogP contribution in [0.25, 0.3) is 6.08 Å². The molecule has 4 aromatic rings. The highest BCUT2D eigenvalue weighted by molar-refractivity contribution is 14.1. The van der Waals surface area contributed by atoms with Gasteiger partial charge in [0.1, 0.15) is 0 Å². The molecule has 2 heterocycles. The number of imide groups is 1. The van der Waals surface area contributed by atoms with Crippen LogP contribution >= 0.6 is 22.6 Å². The fraction of sp³-hybridized carbons (Fsp3) is 0.388. The topological polar surface area (TPSA) is 85.3 Å². The first-order valence-corrected chi connectivity index (χ1v) is 24.2. The SMILES string of the molecule is CCC/C(=C\c1cc(I)c(O)c(OC)c1)CC[C@H]1OC[C@H]2C1=C(CO[Si](c1ccccc1)(c1ccccc1)C(C)(C)C)C[C@H]1C(=O)N(c3cc(C(F)(F)F)cc(C(F)(F)F)c3)C(=O)[C@H]12. The van der Waals surface area contributed by atoms with Gasteiger partial charge in [0.25, 0.3) is 8.32 Å². The maximum atomic E-state index is 14.5. The number of benzene rings is 4. The van der Waals surface area contributed by atoms with E-state index in [9.17, 15) is 41.0 Å². The number of rotatable bonds is 13. The summed E-state index contributed by atoms with van der Waals surface area (Å²) in [5.74, 6) is -4.17. The number of hydrogen-bond acceptors (Lipinski definition) is 6. The molecule has 2 saturated heterocycles. The third-order valence-electron chi connectivity index (χ3n) is 12.7. The average Bonchev–Trinajstić information content (AvgIpc) is 3.78. The molecule has 0 bridgehead atoms. The number of carbonyl (C=O) groups excluding carboxylic acids is 2. The molecule has 7 rings (SSSR count). The van der Waals surface area contributed by atoms with Crippen molar-refractivity contribution in [3.8, 4) is 11.5 Å². The van der Waals surface area contributed by atoms with Crippen molar-refractivity contribution in [3.05, 3.63) is 128 Å². The summed E-state index contributed by atoms with van der Waals surface area (Å²) in [6, 6.07) is 24.4. The Kier molecular flexibility index (Phi) is 13.7. The number of allylic oxidation sites excluding steroid dienone is 1. The molecule has 15 heteroatoms. The maximum absolute atomic E-state index is 14.5. The summed E-state index contributed by atoms with van der Waals surface area (Å²) in [6.45, 7) is 8.53. The van der Waals surface area contributed by atoms with Crippen molar-refractivity contribution in [1.29, 1.82) is 0 Å². The number of amides is 2. The Morgan fingerprint density at radius 3 is 1.98 bits per heavy atom. The van der Waals surface area contributed by atoms with Gasteiger partial charge in [-0.1, -0.05) is 106 Å². The van der Waals surface area contributed by atoms with Crippen LogP contribution in [-0.2, 0) is 31.1 Å². The Bertz CT molecular complexity index is 2380. The monoisotopic (exact) mass is 1020 g/mol. The number of phenolic OH excluding ortho intramolecular Hbond substituents is 1. The summed E-state index contributed by atoms with van der Waals surface area (Å²) in [5, 5.41) is 12.1. The van der Waals surface area contributed by atoms with E-state index in [0.717, 1.165) is 45.5 Å². The van der Waals surface area contributed by atoms with E-state index in [-0.39, 0.29) is 31.5 Å². The molecule has 0 spiro atoms. The highest BCUT2D eigenvalue weighted by atomic mass is 127. The number of fused-ring (bicyclic) bond motifs is 3. The highest BCUT2D eigenvalue weighted by Crippen LogP contribution is 2.52. The first-order chi connectivity index (χ1) is 30.2. The molecule has 0 radical (unpaired) electrons. The minimum absolute atomic E-state index is 0.00409. The van der Waals surface area contributed by atoms with E-state index in [2.05, 4.69) is 58.0 Å². The molecule has 0 unspecified atom stereocenters. The van der Waals surface area contributed by atoms with Gasteiger partial charge in [0.2, 0.25) is 11.8 Å². The van der Waals surface area contributed by atoms with Gasteiger partial charge in [0.15, 0.2) is 11.5 Å². The fourth-order valence-corrected chi connectivity index (χ4v) is 15.0. The minimum Gasteiger partial charge on any atom is -0.504 e. The average molecular weight is 1020 g/mol. The van der Waals surface area contributed by atoms with Gasteiger partial charge in [0, 0.05) is 5.92 Å². The van der Waals surface area contributed by atoms with Crippen LogP contribution in [0.5, 0.6) is 11.5 Å². The molecule has 7 nitrogen and oxygen atoms in total. The lowest BCUT2D eigenvalue weighted by Gasteiger charge is -2.44. The maximum Gasteiger partial charge on any atom is 0.416 e. The molecular weight excluding hydrogens is 968 g/mol. The number of halogens is 7. The molecule has 1 aliphatic carbocycles. The number of alkyl halides is 6. The first-order valence-electron chi connectivity index (χ1n) is 21.2. The van der Waals surface area contributed by atoms with Gasteiger partial charge < -0.3 is 19.0 Å². The molecule has 0 aromatic heterocycles. The highest BCUT2D eigenvalue weighted by Gasteiger charge is 2.58. The number of aromatic hydroxyl groups is 1. The largest absolute Gasteiger partial charge is 0.504 e. The molecule has 4 aromatic carbocycles. The lowest BCUT2D eigenvalue weighted by Crippen LogP contribution is -2.66.